The predicted octanol–water partition coefficient (Wildman–Crippen LogP) is 3.81. The van der Waals surface area contributed by atoms with Crippen molar-refractivity contribution in [1.29, 1.82) is 0 Å². The van der Waals surface area contributed by atoms with E-state index in [1.54, 1.807) is 18.3 Å². The van der Waals surface area contributed by atoms with E-state index in [9.17, 15) is 8.42 Å². The highest BCUT2D eigenvalue weighted by molar-refractivity contribution is 7.90. The van der Waals surface area contributed by atoms with E-state index in [1.807, 2.05) is 24.4 Å². The highest BCUT2D eigenvalue weighted by Crippen LogP contribution is 2.28. The molecule has 0 saturated heterocycles. The normalized spacial score (nSPS) is 14.6. The minimum absolute atomic E-state index is 0.105. The van der Waals surface area contributed by atoms with Crippen molar-refractivity contribution in [3.05, 3.63) is 69.6 Å². The molecule has 0 N–H and O–H groups in total. The maximum absolute atomic E-state index is 11.6. The molecule has 0 atom stereocenters. The number of fused-ring (bicyclic) bond motifs is 1. The number of aromatic nitrogens is 3. The molecule has 0 saturated carbocycles. The van der Waals surface area contributed by atoms with Gasteiger partial charge in [-0.25, -0.2) is 18.4 Å². The van der Waals surface area contributed by atoms with Crippen LogP contribution in [0.2, 0.25) is 10.0 Å². The summed E-state index contributed by atoms with van der Waals surface area (Å²) in [4.78, 5) is 15.0. The Morgan fingerprint density at radius 2 is 1.90 bits per heavy atom. The van der Waals surface area contributed by atoms with Crippen molar-refractivity contribution in [2.24, 2.45) is 0 Å². The van der Waals surface area contributed by atoms with Gasteiger partial charge < -0.3 is 0 Å². The van der Waals surface area contributed by atoms with Crippen LogP contribution in [0.5, 0.6) is 0 Å². The summed E-state index contributed by atoms with van der Waals surface area (Å²) < 4.78 is 23.3. The third-order valence-corrected chi connectivity index (χ3v) is 6.37. The number of rotatable bonds is 4. The van der Waals surface area contributed by atoms with Crippen LogP contribution in [0.3, 0.4) is 0 Å². The largest absolute Gasteiger partial charge is 0.294 e. The van der Waals surface area contributed by atoms with Crippen LogP contribution in [-0.4, -0.2) is 41.1 Å². The molecule has 4 rings (SSSR count). The zero-order chi connectivity index (χ0) is 20.6. The van der Waals surface area contributed by atoms with Gasteiger partial charge in [0.1, 0.15) is 0 Å². The van der Waals surface area contributed by atoms with Crippen molar-refractivity contribution < 1.29 is 8.42 Å². The monoisotopic (exact) mass is 448 g/mol. The summed E-state index contributed by atoms with van der Waals surface area (Å²) in [5.41, 5.74) is 4.61. The van der Waals surface area contributed by atoms with Gasteiger partial charge in [-0.05, 0) is 23.8 Å². The summed E-state index contributed by atoms with van der Waals surface area (Å²) in [6.45, 7) is 2.21. The van der Waals surface area contributed by atoms with Gasteiger partial charge in [-0.3, -0.25) is 9.88 Å². The summed E-state index contributed by atoms with van der Waals surface area (Å²) in [5.74, 6) is 0. The molecule has 0 spiro atoms. The lowest BCUT2D eigenvalue weighted by Crippen LogP contribution is -2.31. The SMILES string of the molecule is CS(=O)(=O)c1ncc2c(n1)CCN(Cc1ccc(-c3ccc(Cl)c(Cl)c3)nc1)C2. The minimum Gasteiger partial charge on any atom is -0.294 e. The summed E-state index contributed by atoms with van der Waals surface area (Å²) in [6.07, 6.45) is 5.29. The molecule has 2 aromatic heterocycles. The average molecular weight is 449 g/mol. The van der Waals surface area contributed by atoms with Crippen molar-refractivity contribution in [1.82, 2.24) is 19.9 Å². The second kappa shape index (κ2) is 7.99. The number of hydrogen-bond donors (Lipinski definition) is 0. The Bertz CT molecular complexity index is 1170. The molecule has 6 nitrogen and oxygen atoms in total. The molecule has 0 unspecified atom stereocenters. The minimum atomic E-state index is -3.39. The lowest BCUT2D eigenvalue weighted by atomic mass is 10.1. The fourth-order valence-corrected chi connectivity index (χ4v) is 4.09. The van der Waals surface area contributed by atoms with Gasteiger partial charge in [0.05, 0.1) is 21.4 Å². The third-order valence-electron chi connectivity index (χ3n) is 4.77. The lowest BCUT2D eigenvalue weighted by molar-refractivity contribution is 0.242. The van der Waals surface area contributed by atoms with Crippen LogP contribution < -0.4 is 0 Å². The lowest BCUT2D eigenvalue weighted by Gasteiger charge is -2.27. The Hall–Kier alpha value is -2.06. The van der Waals surface area contributed by atoms with Gasteiger partial charge in [-0.15, -0.1) is 0 Å². The number of hydrogen-bond acceptors (Lipinski definition) is 6. The molecule has 1 aliphatic rings. The van der Waals surface area contributed by atoms with Crippen LogP contribution in [0.25, 0.3) is 11.3 Å². The van der Waals surface area contributed by atoms with Crippen LogP contribution in [0.4, 0.5) is 0 Å². The topological polar surface area (TPSA) is 76.1 Å². The molecule has 0 fully saturated rings. The first-order valence-corrected chi connectivity index (χ1v) is 11.6. The zero-order valence-electron chi connectivity index (χ0n) is 15.6. The van der Waals surface area contributed by atoms with Crippen molar-refractivity contribution >= 4 is 33.0 Å². The second-order valence-corrected chi connectivity index (χ2v) is 9.76. The van der Waals surface area contributed by atoms with Crippen LogP contribution in [0, 0.1) is 0 Å². The molecule has 9 heteroatoms. The number of nitrogens with zero attached hydrogens (tertiary/aromatic N) is 4. The zero-order valence-corrected chi connectivity index (χ0v) is 18.0. The van der Waals surface area contributed by atoms with Crippen molar-refractivity contribution in [2.75, 3.05) is 12.8 Å². The maximum atomic E-state index is 11.6. The van der Waals surface area contributed by atoms with E-state index < -0.39 is 9.84 Å². The molecule has 0 aliphatic carbocycles. The van der Waals surface area contributed by atoms with E-state index in [0.29, 0.717) is 23.0 Å². The molecule has 1 aromatic carbocycles. The molecule has 3 heterocycles. The molecule has 0 bridgehead atoms. The highest BCUT2D eigenvalue weighted by atomic mass is 35.5. The fraction of sp³-hybridized carbons (Fsp3) is 0.250. The second-order valence-electron chi connectivity index (χ2n) is 7.04. The summed E-state index contributed by atoms with van der Waals surface area (Å²) in [5, 5.41) is 0.917. The Kier molecular flexibility index (Phi) is 5.57. The van der Waals surface area contributed by atoms with Gasteiger partial charge in [0.2, 0.25) is 15.0 Å². The third kappa shape index (κ3) is 4.59. The van der Waals surface area contributed by atoms with Crippen molar-refractivity contribution in [3.63, 3.8) is 0 Å². The number of halogens is 2. The fourth-order valence-electron chi connectivity index (χ4n) is 3.27. The molecular formula is C20H18Cl2N4O2S. The van der Waals surface area contributed by atoms with Gasteiger partial charge in [0.25, 0.3) is 0 Å². The van der Waals surface area contributed by atoms with Crippen LogP contribution >= 0.6 is 23.2 Å². The smallest absolute Gasteiger partial charge is 0.246 e. The first kappa shape index (κ1) is 20.2. The number of sulfone groups is 1. The molecule has 0 amide bonds. The molecule has 150 valence electrons. The maximum Gasteiger partial charge on any atom is 0.246 e. The van der Waals surface area contributed by atoms with E-state index in [0.717, 1.165) is 47.4 Å². The van der Waals surface area contributed by atoms with Crippen LogP contribution in [-0.2, 0) is 29.3 Å². The Morgan fingerprint density at radius 1 is 1.07 bits per heavy atom. The van der Waals surface area contributed by atoms with Crippen LogP contribution in [0.1, 0.15) is 16.8 Å². The quantitative estimate of drug-likeness (QED) is 0.564. The molecule has 1 aliphatic heterocycles. The van der Waals surface area contributed by atoms with Crippen molar-refractivity contribution in [2.45, 2.75) is 24.7 Å². The molecule has 0 radical (unpaired) electrons. The number of pyridine rings is 1. The van der Waals surface area contributed by atoms with Gasteiger partial charge in [-0.1, -0.05) is 35.3 Å². The summed E-state index contributed by atoms with van der Waals surface area (Å²) in [6, 6.07) is 9.47. The standard InChI is InChI=1S/C20H18Cl2N4O2S/c1-29(27,28)20-24-10-15-12-26(7-6-19(15)25-20)11-13-2-5-18(23-9-13)14-3-4-16(21)17(22)8-14/h2-5,8-10H,6-7,11-12H2,1H3. The van der Waals surface area contributed by atoms with E-state index >= 15 is 0 Å². The number of benzene rings is 1. The van der Waals surface area contributed by atoms with E-state index in [-0.39, 0.29) is 5.16 Å². The summed E-state index contributed by atoms with van der Waals surface area (Å²) in [7, 11) is -3.39. The van der Waals surface area contributed by atoms with Gasteiger partial charge in [0.15, 0.2) is 0 Å². The average Bonchev–Trinajstić information content (AvgIpc) is 2.69. The Labute approximate surface area is 179 Å². The highest BCUT2D eigenvalue weighted by Gasteiger charge is 2.21. The van der Waals surface area contributed by atoms with E-state index in [2.05, 4.69) is 19.9 Å². The van der Waals surface area contributed by atoms with Gasteiger partial charge in [0, 0.05) is 55.8 Å². The Balaban J connectivity index is 1.46. The van der Waals surface area contributed by atoms with E-state index in [4.69, 9.17) is 23.2 Å². The summed E-state index contributed by atoms with van der Waals surface area (Å²) >= 11 is 12.1. The molecular weight excluding hydrogens is 431 g/mol. The van der Waals surface area contributed by atoms with E-state index in [1.165, 1.54) is 0 Å². The first-order chi connectivity index (χ1) is 13.8. The van der Waals surface area contributed by atoms with Crippen LogP contribution in [0.15, 0.2) is 47.9 Å². The molecule has 29 heavy (non-hydrogen) atoms. The van der Waals surface area contributed by atoms with Gasteiger partial charge in [-0.2, -0.15) is 0 Å². The Morgan fingerprint density at radius 3 is 2.59 bits per heavy atom. The van der Waals surface area contributed by atoms with Gasteiger partial charge >= 0.3 is 0 Å². The predicted molar refractivity (Wildman–Crippen MR) is 113 cm³/mol. The first-order valence-electron chi connectivity index (χ1n) is 8.97. The molecule has 3 aromatic rings. The van der Waals surface area contributed by atoms with Crippen molar-refractivity contribution in [3.8, 4) is 11.3 Å².